The molecule has 7 nitrogen and oxygen atoms in total. The molecule has 0 aliphatic heterocycles. The van der Waals surface area contributed by atoms with Crippen molar-refractivity contribution in [2.45, 2.75) is 6.92 Å². The lowest BCUT2D eigenvalue weighted by molar-refractivity contribution is -0.118. The van der Waals surface area contributed by atoms with Crippen molar-refractivity contribution in [1.82, 2.24) is 0 Å². The van der Waals surface area contributed by atoms with Gasteiger partial charge in [-0.2, -0.15) is 0 Å². The molecule has 2 amide bonds. The minimum atomic E-state index is -0.711. The van der Waals surface area contributed by atoms with Gasteiger partial charge in [0.15, 0.2) is 6.61 Å². The van der Waals surface area contributed by atoms with Crippen LogP contribution in [0.4, 0.5) is 5.69 Å². The number of hydrogen-bond donors (Lipinski definition) is 2. The third-order valence-electron chi connectivity index (χ3n) is 3.25. The van der Waals surface area contributed by atoms with Crippen LogP contribution in [0, 0.1) is 0 Å². The van der Waals surface area contributed by atoms with Gasteiger partial charge < -0.3 is 20.5 Å². The van der Waals surface area contributed by atoms with Crippen LogP contribution in [0.5, 0.6) is 5.75 Å². The van der Waals surface area contributed by atoms with Gasteiger partial charge in [-0.05, 0) is 49.4 Å². The monoisotopic (exact) mass is 376 g/mol. The lowest BCUT2D eigenvalue weighted by Gasteiger charge is -2.10. The summed E-state index contributed by atoms with van der Waals surface area (Å²) in [5, 5.41) is 2.94. The third kappa shape index (κ3) is 5.22. The predicted octanol–water partition coefficient (Wildman–Crippen LogP) is 2.63. The van der Waals surface area contributed by atoms with Gasteiger partial charge in [-0.3, -0.25) is 9.59 Å². The minimum absolute atomic E-state index is 0.0871. The quantitative estimate of drug-likeness (QED) is 0.722. The molecule has 0 aliphatic carbocycles. The van der Waals surface area contributed by atoms with Crippen molar-refractivity contribution in [2.24, 2.45) is 5.73 Å². The molecule has 0 aliphatic rings. The maximum absolute atomic E-state index is 12.0. The maximum atomic E-state index is 12.0. The summed E-state index contributed by atoms with van der Waals surface area (Å²) in [6, 6.07) is 10.6. The van der Waals surface area contributed by atoms with E-state index in [1.165, 1.54) is 18.2 Å². The molecule has 0 heterocycles. The van der Waals surface area contributed by atoms with E-state index < -0.39 is 17.8 Å². The number of hydrogen-bond acceptors (Lipinski definition) is 5. The Morgan fingerprint density at radius 2 is 1.81 bits per heavy atom. The van der Waals surface area contributed by atoms with Gasteiger partial charge in [0.1, 0.15) is 5.75 Å². The number of nitrogens with two attached hydrogens (primary N) is 1. The fraction of sp³-hybridized carbons (Fsp3) is 0.167. The number of ether oxygens (including phenoxy) is 2. The zero-order valence-electron chi connectivity index (χ0n) is 14.0. The molecule has 8 heteroatoms. The van der Waals surface area contributed by atoms with Crippen molar-refractivity contribution in [1.29, 1.82) is 0 Å². The maximum Gasteiger partial charge on any atom is 0.338 e. The first-order chi connectivity index (χ1) is 12.4. The van der Waals surface area contributed by atoms with Crippen LogP contribution in [0.2, 0.25) is 5.02 Å². The minimum Gasteiger partial charge on any atom is -0.483 e. The van der Waals surface area contributed by atoms with Crippen molar-refractivity contribution in [3.63, 3.8) is 0 Å². The van der Waals surface area contributed by atoms with E-state index in [0.29, 0.717) is 16.3 Å². The molecule has 2 rings (SSSR count). The number of benzene rings is 2. The Balaban J connectivity index is 1.95. The highest BCUT2D eigenvalue weighted by atomic mass is 35.5. The molecule has 0 aromatic heterocycles. The van der Waals surface area contributed by atoms with E-state index >= 15 is 0 Å². The zero-order valence-corrected chi connectivity index (χ0v) is 14.7. The number of amides is 2. The molecular formula is C18H17ClN2O5. The highest BCUT2D eigenvalue weighted by molar-refractivity contribution is 6.31. The fourth-order valence-corrected chi connectivity index (χ4v) is 2.24. The molecule has 0 fully saturated rings. The molecule has 0 radical (unpaired) electrons. The molecule has 0 atom stereocenters. The third-order valence-corrected chi connectivity index (χ3v) is 3.48. The highest BCUT2D eigenvalue weighted by Crippen LogP contribution is 2.22. The lowest BCUT2D eigenvalue weighted by atomic mass is 10.2. The molecule has 3 N–H and O–H groups in total. The molecule has 0 unspecified atom stereocenters. The van der Waals surface area contributed by atoms with Gasteiger partial charge in [-0.25, -0.2) is 4.79 Å². The van der Waals surface area contributed by atoms with Crippen LogP contribution in [0.1, 0.15) is 27.6 Å². The van der Waals surface area contributed by atoms with Crippen LogP contribution in [0.3, 0.4) is 0 Å². The van der Waals surface area contributed by atoms with Crippen LogP contribution < -0.4 is 15.8 Å². The lowest BCUT2D eigenvalue weighted by Crippen LogP contribution is -2.21. The second-order valence-electron chi connectivity index (χ2n) is 5.14. The summed E-state index contributed by atoms with van der Waals surface area (Å²) in [5.74, 6) is -1.43. The van der Waals surface area contributed by atoms with Gasteiger partial charge in [0, 0.05) is 10.7 Å². The normalized spacial score (nSPS) is 10.1. The van der Waals surface area contributed by atoms with Gasteiger partial charge in [-0.1, -0.05) is 11.6 Å². The number of halogens is 1. The number of primary amides is 1. The van der Waals surface area contributed by atoms with Crippen molar-refractivity contribution in [3.05, 3.63) is 58.6 Å². The highest BCUT2D eigenvalue weighted by Gasteiger charge is 2.12. The second-order valence-corrected chi connectivity index (χ2v) is 5.58. The molecule has 26 heavy (non-hydrogen) atoms. The topological polar surface area (TPSA) is 108 Å². The largest absolute Gasteiger partial charge is 0.483 e. The summed E-state index contributed by atoms with van der Waals surface area (Å²) >= 11 is 5.81. The van der Waals surface area contributed by atoms with E-state index in [-0.39, 0.29) is 24.5 Å². The Morgan fingerprint density at radius 3 is 2.42 bits per heavy atom. The number of carbonyl (C=O) groups excluding carboxylic acids is 3. The Bertz CT molecular complexity index is 821. The number of nitrogens with one attached hydrogen (secondary N) is 1. The van der Waals surface area contributed by atoms with Crippen LogP contribution in [0.25, 0.3) is 0 Å². The number of rotatable bonds is 7. The summed E-state index contributed by atoms with van der Waals surface area (Å²) < 4.78 is 10.2. The van der Waals surface area contributed by atoms with Gasteiger partial charge in [0.05, 0.1) is 17.7 Å². The molecular weight excluding hydrogens is 360 g/mol. The van der Waals surface area contributed by atoms with E-state index in [4.69, 9.17) is 26.8 Å². The molecule has 0 saturated heterocycles. The van der Waals surface area contributed by atoms with Crippen molar-refractivity contribution in [3.8, 4) is 5.75 Å². The second kappa shape index (κ2) is 8.87. The van der Waals surface area contributed by atoms with Crippen molar-refractivity contribution >= 4 is 35.1 Å². The Morgan fingerprint density at radius 1 is 1.12 bits per heavy atom. The van der Waals surface area contributed by atoms with E-state index in [0.717, 1.165) is 0 Å². The standard InChI is InChI=1S/C18H17ClN2O5/c1-2-25-18(24)11-3-6-13(7-4-11)21-16(22)10-26-15-8-5-12(19)9-14(15)17(20)23/h3-9H,2,10H2,1H3,(H2,20,23)(H,21,22). The van der Waals surface area contributed by atoms with Gasteiger partial charge in [0.2, 0.25) is 0 Å². The molecule has 2 aromatic rings. The Labute approximate surface area is 155 Å². The molecule has 0 spiro atoms. The Kier molecular flexibility index (Phi) is 6.57. The average Bonchev–Trinajstić information content (AvgIpc) is 2.61. The van der Waals surface area contributed by atoms with Crippen molar-refractivity contribution < 1.29 is 23.9 Å². The first kappa shape index (κ1) is 19.3. The molecule has 2 aromatic carbocycles. The van der Waals surface area contributed by atoms with E-state index in [9.17, 15) is 14.4 Å². The summed E-state index contributed by atoms with van der Waals surface area (Å²) in [6.07, 6.45) is 0. The van der Waals surface area contributed by atoms with Crippen LogP contribution >= 0.6 is 11.6 Å². The summed E-state index contributed by atoms with van der Waals surface area (Å²) in [4.78, 5) is 34.9. The molecule has 136 valence electrons. The van der Waals surface area contributed by atoms with E-state index in [2.05, 4.69) is 5.32 Å². The Hall–Kier alpha value is -3.06. The summed E-state index contributed by atoms with van der Waals surface area (Å²) in [6.45, 7) is 1.67. The summed E-state index contributed by atoms with van der Waals surface area (Å²) in [5.41, 5.74) is 6.21. The zero-order chi connectivity index (χ0) is 19.1. The first-order valence-corrected chi connectivity index (χ1v) is 8.07. The summed E-state index contributed by atoms with van der Waals surface area (Å²) in [7, 11) is 0. The van der Waals surface area contributed by atoms with Gasteiger partial charge in [-0.15, -0.1) is 0 Å². The molecule has 0 bridgehead atoms. The van der Waals surface area contributed by atoms with Crippen LogP contribution in [0.15, 0.2) is 42.5 Å². The fourth-order valence-electron chi connectivity index (χ4n) is 2.07. The predicted molar refractivity (Wildman–Crippen MR) is 96.5 cm³/mol. The number of carbonyl (C=O) groups is 3. The van der Waals surface area contributed by atoms with Gasteiger partial charge >= 0.3 is 5.97 Å². The van der Waals surface area contributed by atoms with Crippen LogP contribution in [-0.4, -0.2) is 31.0 Å². The molecule has 0 saturated carbocycles. The number of esters is 1. The number of anilines is 1. The van der Waals surface area contributed by atoms with Gasteiger partial charge in [0.25, 0.3) is 11.8 Å². The van der Waals surface area contributed by atoms with Crippen LogP contribution in [-0.2, 0) is 9.53 Å². The smallest absolute Gasteiger partial charge is 0.338 e. The van der Waals surface area contributed by atoms with E-state index in [1.54, 1.807) is 31.2 Å². The SMILES string of the molecule is CCOC(=O)c1ccc(NC(=O)COc2ccc(Cl)cc2C(N)=O)cc1. The first-order valence-electron chi connectivity index (χ1n) is 7.70. The van der Waals surface area contributed by atoms with Crippen molar-refractivity contribution in [2.75, 3.05) is 18.5 Å². The van der Waals surface area contributed by atoms with E-state index in [1.807, 2.05) is 0 Å². The average molecular weight is 377 g/mol.